The first kappa shape index (κ1) is 17.3. The van der Waals surface area contributed by atoms with Gasteiger partial charge in [-0.1, -0.05) is 66.4 Å². The van der Waals surface area contributed by atoms with Crippen LogP contribution in [0.5, 0.6) is 0 Å². The molecule has 0 radical (unpaired) electrons. The number of rotatable bonds is 5. The Kier molecular flexibility index (Phi) is 4.89. The number of thioether (sulfide) groups is 1. The van der Waals surface area contributed by atoms with E-state index in [1.165, 1.54) is 11.8 Å². The Hall–Kier alpha value is -3.12. The lowest BCUT2D eigenvalue weighted by atomic mass is 10.0. The molecule has 0 bridgehead atoms. The van der Waals surface area contributed by atoms with Gasteiger partial charge >= 0.3 is 0 Å². The molecular formula is C21H17N3O2S. The van der Waals surface area contributed by atoms with Gasteiger partial charge in [-0.25, -0.2) is 0 Å². The molecule has 0 aliphatic heterocycles. The molecule has 0 aliphatic carbocycles. The van der Waals surface area contributed by atoms with E-state index in [1.54, 1.807) is 0 Å². The van der Waals surface area contributed by atoms with Crippen LogP contribution in [0.3, 0.4) is 0 Å². The van der Waals surface area contributed by atoms with E-state index in [0.717, 1.165) is 27.6 Å². The fourth-order valence-corrected chi connectivity index (χ4v) is 3.38. The molecular weight excluding hydrogens is 358 g/mol. The van der Waals surface area contributed by atoms with Crippen molar-refractivity contribution in [3.05, 3.63) is 72.3 Å². The predicted octanol–water partition coefficient (Wildman–Crippen LogP) is 4.93. The topological polar surface area (TPSA) is 68.0 Å². The fraction of sp³-hybridized carbons (Fsp3) is 0.0952. The number of nitrogens with zero attached hydrogens (tertiary/aromatic N) is 2. The summed E-state index contributed by atoms with van der Waals surface area (Å²) in [6.45, 7) is 1.96. The van der Waals surface area contributed by atoms with Crippen molar-refractivity contribution in [2.24, 2.45) is 0 Å². The number of fused-ring (bicyclic) bond motifs is 1. The van der Waals surface area contributed by atoms with Crippen LogP contribution in [0.15, 0.2) is 76.4 Å². The fourth-order valence-electron chi connectivity index (χ4n) is 2.82. The molecule has 0 fully saturated rings. The van der Waals surface area contributed by atoms with Crippen molar-refractivity contribution in [2.75, 3.05) is 11.1 Å². The average molecular weight is 375 g/mol. The van der Waals surface area contributed by atoms with Crippen LogP contribution in [-0.2, 0) is 4.79 Å². The SMILES string of the molecule is Cc1ccccc1NC(=O)CSc1nnc(-c2cccc3ccccc23)o1. The van der Waals surface area contributed by atoms with Gasteiger partial charge in [0, 0.05) is 11.3 Å². The number of anilines is 1. The molecule has 0 atom stereocenters. The number of aromatic nitrogens is 2. The zero-order valence-corrected chi connectivity index (χ0v) is 15.5. The van der Waals surface area contributed by atoms with Gasteiger partial charge in [0.15, 0.2) is 0 Å². The lowest BCUT2D eigenvalue weighted by Gasteiger charge is -2.06. The summed E-state index contributed by atoms with van der Waals surface area (Å²) in [6, 6.07) is 21.7. The van der Waals surface area contributed by atoms with Crippen molar-refractivity contribution in [3.8, 4) is 11.5 Å². The van der Waals surface area contributed by atoms with Crippen LogP contribution in [0.2, 0.25) is 0 Å². The Labute approximate surface area is 160 Å². The molecule has 134 valence electrons. The Bertz CT molecular complexity index is 1100. The lowest BCUT2D eigenvalue weighted by molar-refractivity contribution is -0.113. The first-order valence-corrected chi connectivity index (χ1v) is 9.49. The molecule has 0 saturated heterocycles. The van der Waals surface area contributed by atoms with Crippen molar-refractivity contribution in [3.63, 3.8) is 0 Å². The molecule has 0 saturated carbocycles. The van der Waals surface area contributed by atoms with Crippen molar-refractivity contribution < 1.29 is 9.21 Å². The number of amides is 1. The maximum absolute atomic E-state index is 12.2. The Balaban J connectivity index is 1.45. The second kappa shape index (κ2) is 7.63. The van der Waals surface area contributed by atoms with Gasteiger partial charge in [0.25, 0.3) is 5.22 Å². The van der Waals surface area contributed by atoms with Gasteiger partial charge in [-0.3, -0.25) is 4.79 Å². The summed E-state index contributed by atoms with van der Waals surface area (Å²) in [5, 5.41) is 13.6. The van der Waals surface area contributed by atoms with Crippen LogP contribution >= 0.6 is 11.8 Å². The largest absolute Gasteiger partial charge is 0.411 e. The van der Waals surface area contributed by atoms with Crippen LogP contribution < -0.4 is 5.32 Å². The summed E-state index contributed by atoms with van der Waals surface area (Å²) in [6.07, 6.45) is 0. The maximum Gasteiger partial charge on any atom is 0.277 e. The number of hydrogen-bond donors (Lipinski definition) is 1. The maximum atomic E-state index is 12.2. The molecule has 3 aromatic carbocycles. The molecule has 1 aromatic heterocycles. The minimum absolute atomic E-state index is 0.112. The summed E-state index contributed by atoms with van der Waals surface area (Å²) in [4.78, 5) is 12.2. The molecule has 1 N–H and O–H groups in total. The van der Waals surface area contributed by atoms with E-state index in [2.05, 4.69) is 15.5 Å². The third-order valence-corrected chi connectivity index (χ3v) is 4.99. The average Bonchev–Trinajstić information content (AvgIpc) is 3.17. The van der Waals surface area contributed by atoms with Gasteiger partial charge in [-0.2, -0.15) is 0 Å². The minimum atomic E-state index is -0.112. The quantitative estimate of drug-likeness (QED) is 0.501. The number of benzene rings is 3. The third kappa shape index (κ3) is 3.85. The van der Waals surface area contributed by atoms with Crippen molar-refractivity contribution in [2.45, 2.75) is 12.1 Å². The van der Waals surface area contributed by atoms with Gasteiger partial charge in [-0.05, 0) is 35.4 Å². The standard InChI is InChI=1S/C21H17N3O2S/c1-14-7-2-5-12-18(14)22-19(25)13-27-21-24-23-20(26-21)17-11-6-9-15-8-3-4-10-16(15)17/h2-12H,13H2,1H3,(H,22,25). The van der Waals surface area contributed by atoms with Crippen LogP contribution in [0.1, 0.15) is 5.56 Å². The molecule has 1 amide bonds. The zero-order valence-electron chi connectivity index (χ0n) is 14.7. The molecule has 27 heavy (non-hydrogen) atoms. The van der Waals surface area contributed by atoms with E-state index in [4.69, 9.17) is 4.42 Å². The Morgan fingerprint density at radius 1 is 1.00 bits per heavy atom. The van der Waals surface area contributed by atoms with E-state index in [9.17, 15) is 4.79 Å². The number of carbonyl (C=O) groups excluding carboxylic acids is 1. The molecule has 1 heterocycles. The minimum Gasteiger partial charge on any atom is -0.411 e. The second-order valence-electron chi connectivity index (χ2n) is 6.05. The highest BCUT2D eigenvalue weighted by Gasteiger charge is 2.13. The highest BCUT2D eigenvalue weighted by Crippen LogP contribution is 2.29. The number of carbonyl (C=O) groups is 1. The summed E-state index contributed by atoms with van der Waals surface area (Å²) in [5.74, 6) is 0.540. The molecule has 0 unspecified atom stereocenters. The van der Waals surface area contributed by atoms with Crippen molar-refractivity contribution in [1.29, 1.82) is 0 Å². The number of nitrogens with one attached hydrogen (secondary N) is 1. The summed E-state index contributed by atoms with van der Waals surface area (Å²) in [7, 11) is 0. The van der Waals surface area contributed by atoms with E-state index < -0.39 is 0 Å². The highest BCUT2D eigenvalue weighted by atomic mass is 32.2. The van der Waals surface area contributed by atoms with Gasteiger partial charge in [0.05, 0.1) is 5.75 Å². The van der Waals surface area contributed by atoms with Crippen molar-refractivity contribution >= 4 is 34.1 Å². The predicted molar refractivity (Wildman–Crippen MR) is 108 cm³/mol. The van der Waals surface area contributed by atoms with Gasteiger partial charge < -0.3 is 9.73 Å². The van der Waals surface area contributed by atoms with Crippen LogP contribution in [0.25, 0.3) is 22.2 Å². The molecule has 5 nitrogen and oxygen atoms in total. The first-order chi connectivity index (χ1) is 13.2. The monoisotopic (exact) mass is 375 g/mol. The van der Waals surface area contributed by atoms with E-state index in [1.807, 2.05) is 73.7 Å². The molecule has 6 heteroatoms. The van der Waals surface area contributed by atoms with Crippen LogP contribution in [0.4, 0.5) is 5.69 Å². The normalized spacial score (nSPS) is 10.9. The van der Waals surface area contributed by atoms with E-state index in [0.29, 0.717) is 11.1 Å². The summed E-state index contributed by atoms with van der Waals surface area (Å²) < 4.78 is 5.76. The van der Waals surface area contributed by atoms with Crippen LogP contribution in [-0.4, -0.2) is 21.9 Å². The smallest absolute Gasteiger partial charge is 0.277 e. The third-order valence-electron chi connectivity index (χ3n) is 4.17. The van der Waals surface area contributed by atoms with Gasteiger partial charge in [0.2, 0.25) is 11.8 Å². The molecule has 0 spiro atoms. The van der Waals surface area contributed by atoms with Crippen molar-refractivity contribution in [1.82, 2.24) is 10.2 Å². The molecule has 4 aromatic rings. The van der Waals surface area contributed by atoms with E-state index in [-0.39, 0.29) is 11.7 Å². The Morgan fingerprint density at radius 3 is 2.67 bits per heavy atom. The summed E-state index contributed by atoms with van der Waals surface area (Å²) >= 11 is 1.22. The van der Waals surface area contributed by atoms with E-state index >= 15 is 0 Å². The molecule has 4 rings (SSSR count). The molecule has 0 aliphatic rings. The number of para-hydroxylation sites is 1. The first-order valence-electron chi connectivity index (χ1n) is 8.50. The van der Waals surface area contributed by atoms with Gasteiger partial charge in [0.1, 0.15) is 0 Å². The summed E-state index contributed by atoms with van der Waals surface area (Å²) in [5.41, 5.74) is 2.72. The number of hydrogen-bond acceptors (Lipinski definition) is 5. The van der Waals surface area contributed by atoms with Gasteiger partial charge in [-0.15, -0.1) is 10.2 Å². The zero-order chi connectivity index (χ0) is 18.6. The number of aryl methyl sites for hydroxylation is 1. The Morgan fingerprint density at radius 2 is 1.78 bits per heavy atom. The highest BCUT2D eigenvalue weighted by molar-refractivity contribution is 7.99. The van der Waals surface area contributed by atoms with Crippen LogP contribution in [0, 0.1) is 6.92 Å². The lowest BCUT2D eigenvalue weighted by Crippen LogP contribution is -2.14. The second-order valence-corrected chi connectivity index (χ2v) is 6.98.